The van der Waals surface area contributed by atoms with Crippen LogP contribution in [0.2, 0.25) is 0 Å². The van der Waals surface area contributed by atoms with Crippen molar-refractivity contribution in [3.05, 3.63) is 12.3 Å². The minimum absolute atomic E-state index is 0.0659. The zero-order chi connectivity index (χ0) is 31.0. The summed E-state index contributed by atoms with van der Waals surface area (Å²) in [5.74, 6) is 2.22. The first-order chi connectivity index (χ1) is 18.3. The van der Waals surface area contributed by atoms with Crippen molar-refractivity contribution in [2.45, 2.75) is 147 Å². The van der Waals surface area contributed by atoms with Crippen molar-refractivity contribution in [1.29, 1.82) is 0 Å². The molecular weight excluding hydrogens is 486 g/mol. The van der Waals surface area contributed by atoms with Crippen LogP contribution in [-0.4, -0.2) is 17.7 Å². The third-order valence-electron chi connectivity index (χ3n) is 8.91. The number of rotatable bonds is 4. The Hall–Kier alpha value is -1.85. The SMILES string of the molecule is C=C1CC2(CCC(C)CC2)C(=O)N1.CC.CC.CC.CCC1(C(N)=O)CC(C)C1.CCC1(C(N)=O)CC(C)C1. The van der Waals surface area contributed by atoms with Gasteiger partial charge in [0.05, 0.1) is 5.41 Å². The number of hydrogen-bond donors (Lipinski definition) is 3. The third kappa shape index (κ3) is 10.6. The molecule has 6 heteroatoms. The van der Waals surface area contributed by atoms with Gasteiger partial charge in [-0.3, -0.25) is 14.4 Å². The Bertz CT molecular complexity index is 705. The van der Waals surface area contributed by atoms with E-state index in [-0.39, 0.29) is 34.0 Å². The van der Waals surface area contributed by atoms with E-state index in [1.165, 1.54) is 12.8 Å². The van der Waals surface area contributed by atoms with E-state index in [9.17, 15) is 14.4 Å². The smallest absolute Gasteiger partial charge is 0.230 e. The Morgan fingerprint density at radius 2 is 1.10 bits per heavy atom. The highest BCUT2D eigenvalue weighted by molar-refractivity contribution is 5.87. The molecule has 1 aliphatic heterocycles. The zero-order valence-corrected chi connectivity index (χ0v) is 27.6. The first kappa shape index (κ1) is 39.3. The maximum atomic E-state index is 11.7. The second kappa shape index (κ2) is 18.5. The molecule has 1 saturated heterocycles. The number of primary amides is 2. The van der Waals surface area contributed by atoms with Gasteiger partial charge in [-0.25, -0.2) is 0 Å². The maximum Gasteiger partial charge on any atom is 0.230 e. The maximum absolute atomic E-state index is 11.7. The van der Waals surface area contributed by atoms with Crippen molar-refractivity contribution in [3.8, 4) is 0 Å². The van der Waals surface area contributed by atoms with Crippen molar-refractivity contribution in [1.82, 2.24) is 5.32 Å². The lowest BCUT2D eigenvalue weighted by Crippen LogP contribution is -2.46. The minimum atomic E-state index is -0.126. The summed E-state index contributed by atoms with van der Waals surface area (Å²) in [6.07, 6.45) is 11.2. The third-order valence-corrected chi connectivity index (χ3v) is 8.91. The van der Waals surface area contributed by atoms with Gasteiger partial charge >= 0.3 is 0 Å². The number of carbonyl (C=O) groups is 3. The molecule has 0 radical (unpaired) electrons. The lowest BCUT2D eigenvalue weighted by Gasteiger charge is -2.43. The number of amides is 3. The highest BCUT2D eigenvalue weighted by Gasteiger charge is 2.46. The van der Waals surface area contributed by atoms with Crippen LogP contribution in [0.15, 0.2) is 12.3 Å². The number of allylic oxidation sites excluding steroid dienone is 1. The predicted molar refractivity (Wildman–Crippen MR) is 167 cm³/mol. The van der Waals surface area contributed by atoms with Crippen molar-refractivity contribution in [2.75, 3.05) is 0 Å². The number of carbonyl (C=O) groups excluding carboxylic acids is 3. The topological polar surface area (TPSA) is 115 Å². The summed E-state index contributed by atoms with van der Waals surface area (Å²) in [5, 5.41) is 2.86. The molecule has 4 aliphatic rings. The molecule has 3 aliphatic carbocycles. The molecule has 3 saturated carbocycles. The van der Waals surface area contributed by atoms with Crippen molar-refractivity contribution in [2.24, 2.45) is 45.5 Å². The molecule has 0 aromatic rings. The number of hydrogen-bond acceptors (Lipinski definition) is 3. The van der Waals surface area contributed by atoms with Crippen LogP contribution in [0.5, 0.6) is 0 Å². The molecule has 6 nitrogen and oxygen atoms in total. The van der Waals surface area contributed by atoms with Gasteiger partial charge in [-0.2, -0.15) is 0 Å². The molecule has 0 atom stereocenters. The molecule has 1 heterocycles. The molecule has 230 valence electrons. The van der Waals surface area contributed by atoms with E-state index in [1.807, 2.05) is 55.4 Å². The van der Waals surface area contributed by atoms with Crippen LogP contribution in [0.3, 0.4) is 0 Å². The Balaban J connectivity index is 0. The highest BCUT2D eigenvalue weighted by Crippen LogP contribution is 2.48. The summed E-state index contributed by atoms with van der Waals surface area (Å²) in [4.78, 5) is 33.5. The normalized spacial score (nSPS) is 33.6. The van der Waals surface area contributed by atoms with E-state index in [0.717, 1.165) is 69.4 Å². The van der Waals surface area contributed by atoms with E-state index < -0.39 is 0 Å². The van der Waals surface area contributed by atoms with Gasteiger partial charge in [0.2, 0.25) is 17.7 Å². The number of nitrogens with two attached hydrogens (primary N) is 2. The van der Waals surface area contributed by atoms with Gasteiger partial charge in [0.25, 0.3) is 0 Å². The molecule has 0 unspecified atom stereocenters. The van der Waals surface area contributed by atoms with Gasteiger partial charge in [0.15, 0.2) is 0 Å². The second-order valence-corrected chi connectivity index (χ2v) is 11.7. The molecule has 0 aromatic heterocycles. The van der Waals surface area contributed by atoms with Gasteiger partial charge in [-0.05, 0) is 82.0 Å². The predicted octanol–water partition coefficient (Wildman–Crippen LogP) is 7.89. The first-order valence-electron chi connectivity index (χ1n) is 15.9. The first-order valence-corrected chi connectivity index (χ1v) is 15.9. The van der Waals surface area contributed by atoms with Crippen LogP contribution in [0.25, 0.3) is 0 Å². The molecule has 39 heavy (non-hydrogen) atoms. The van der Waals surface area contributed by atoms with E-state index >= 15 is 0 Å². The Morgan fingerprint density at radius 1 is 0.769 bits per heavy atom. The lowest BCUT2D eigenvalue weighted by atomic mass is 9.61. The lowest BCUT2D eigenvalue weighted by molar-refractivity contribution is -0.136. The molecule has 0 bridgehead atoms. The molecule has 3 amide bonds. The summed E-state index contributed by atoms with van der Waals surface area (Å²) < 4.78 is 0. The van der Waals surface area contributed by atoms with Gasteiger partial charge in [-0.15, -0.1) is 0 Å². The summed E-state index contributed by atoms with van der Waals surface area (Å²) in [6.45, 7) is 26.5. The molecule has 5 N–H and O–H groups in total. The van der Waals surface area contributed by atoms with Gasteiger partial charge in [0, 0.05) is 22.9 Å². The Morgan fingerprint density at radius 3 is 1.28 bits per heavy atom. The van der Waals surface area contributed by atoms with Crippen LogP contribution in [0.4, 0.5) is 0 Å². The molecule has 1 spiro atoms. The summed E-state index contributed by atoms with van der Waals surface area (Å²) in [7, 11) is 0. The molecule has 0 aromatic carbocycles. The quantitative estimate of drug-likeness (QED) is 0.330. The van der Waals surface area contributed by atoms with Crippen LogP contribution < -0.4 is 16.8 Å². The Labute approximate surface area is 241 Å². The van der Waals surface area contributed by atoms with Gasteiger partial charge in [0.1, 0.15) is 0 Å². The largest absolute Gasteiger partial charge is 0.369 e. The van der Waals surface area contributed by atoms with E-state index in [2.05, 4.69) is 32.7 Å². The zero-order valence-electron chi connectivity index (χ0n) is 27.6. The molecular formula is C33H65N3O3. The van der Waals surface area contributed by atoms with E-state index in [4.69, 9.17) is 11.5 Å². The summed E-state index contributed by atoms with van der Waals surface area (Å²) in [6, 6.07) is 0. The van der Waals surface area contributed by atoms with Crippen LogP contribution in [0, 0.1) is 34.0 Å². The van der Waals surface area contributed by atoms with Gasteiger partial charge < -0.3 is 16.8 Å². The average molecular weight is 552 g/mol. The molecule has 4 rings (SSSR count). The van der Waals surface area contributed by atoms with Gasteiger partial charge in [-0.1, -0.05) is 82.7 Å². The fraction of sp³-hybridized carbons (Fsp3) is 0.848. The van der Waals surface area contributed by atoms with Crippen molar-refractivity contribution >= 4 is 17.7 Å². The molecule has 4 fully saturated rings. The Kier molecular flexibility index (Phi) is 18.6. The fourth-order valence-corrected chi connectivity index (χ4v) is 6.42. The van der Waals surface area contributed by atoms with Crippen LogP contribution >= 0.6 is 0 Å². The van der Waals surface area contributed by atoms with Crippen LogP contribution in [0.1, 0.15) is 147 Å². The van der Waals surface area contributed by atoms with E-state index in [1.54, 1.807) is 0 Å². The summed E-state index contributed by atoms with van der Waals surface area (Å²) >= 11 is 0. The fourth-order valence-electron chi connectivity index (χ4n) is 6.42. The van der Waals surface area contributed by atoms with Crippen LogP contribution in [-0.2, 0) is 14.4 Å². The number of nitrogens with one attached hydrogen (secondary N) is 1. The highest BCUT2D eigenvalue weighted by atomic mass is 16.2. The summed E-state index contributed by atoms with van der Waals surface area (Å²) in [5.41, 5.74) is 11.1. The second-order valence-electron chi connectivity index (χ2n) is 11.7. The minimum Gasteiger partial charge on any atom is -0.369 e. The standard InChI is InChI=1S/C11H17NO.2C8H15NO.3C2H6/c1-8-3-5-11(6-4-8)7-9(2)12-10(11)13;2*1-3-8(7(9)10)4-6(2)5-8;3*1-2/h8H,2-7H2,1H3,(H,12,13);2*6H,3-5H2,1-2H3,(H2,9,10);3*1-2H3. The monoisotopic (exact) mass is 552 g/mol. The van der Waals surface area contributed by atoms with Crippen molar-refractivity contribution < 1.29 is 14.4 Å². The average Bonchev–Trinajstić information content (AvgIpc) is 3.17. The van der Waals surface area contributed by atoms with Crippen molar-refractivity contribution in [3.63, 3.8) is 0 Å². The van der Waals surface area contributed by atoms with E-state index in [0.29, 0.717) is 11.8 Å².